The maximum absolute atomic E-state index is 11.6. The van der Waals surface area contributed by atoms with Crippen LogP contribution < -0.4 is 10.3 Å². The fraction of sp³-hybridized carbons (Fsp3) is 0.231. The molecule has 0 bridgehead atoms. The van der Waals surface area contributed by atoms with Crippen LogP contribution in [0.4, 0.5) is 0 Å². The summed E-state index contributed by atoms with van der Waals surface area (Å²) in [6.45, 7) is 0.577. The molecule has 5 heteroatoms. The average Bonchev–Trinajstić information content (AvgIpc) is 2.41. The predicted octanol–water partition coefficient (Wildman–Crippen LogP) is 2.15. The van der Waals surface area contributed by atoms with Crippen LogP contribution in [-0.2, 0) is 13.0 Å². The summed E-state index contributed by atoms with van der Waals surface area (Å²) < 4.78 is 6.64. The summed E-state index contributed by atoms with van der Waals surface area (Å²) in [5.41, 5.74) is 0.878. The van der Waals surface area contributed by atoms with Crippen molar-refractivity contribution in [2.75, 3.05) is 7.11 Å². The summed E-state index contributed by atoms with van der Waals surface area (Å²) in [5, 5.41) is 0.00670. The Bertz CT molecular complexity index is 578. The summed E-state index contributed by atoms with van der Waals surface area (Å²) in [6, 6.07) is 7.76. The molecule has 1 aromatic heterocycles. The van der Waals surface area contributed by atoms with Crippen LogP contribution in [0.25, 0.3) is 0 Å². The first-order chi connectivity index (χ1) is 8.70. The quantitative estimate of drug-likeness (QED) is 0.850. The average molecular weight is 265 g/mol. The van der Waals surface area contributed by atoms with E-state index in [1.807, 2.05) is 24.3 Å². The molecule has 2 rings (SSSR count). The van der Waals surface area contributed by atoms with Gasteiger partial charge >= 0.3 is 0 Å². The highest BCUT2D eigenvalue weighted by Crippen LogP contribution is 2.11. The van der Waals surface area contributed by atoms with E-state index in [-0.39, 0.29) is 10.7 Å². The molecule has 0 atom stereocenters. The maximum Gasteiger partial charge on any atom is 0.288 e. The smallest absolute Gasteiger partial charge is 0.288 e. The summed E-state index contributed by atoms with van der Waals surface area (Å²) in [4.78, 5) is 15.4. The van der Waals surface area contributed by atoms with Crippen molar-refractivity contribution in [2.24, 2.45) is 0 Å². The first-order valence-electron chi connectivity index (χ1n) is 5.54. The number of benzene rings is 1. The molecular formula is C13H13ClN2O2. The Morgan fingerprint density at radius 3 is 2.72 bits per heavy atom. The summed E-state index contributed by atoms with van der Waals surface area (Å²) >= 11 is 5.67. The van der Waals surface area contributed by atoms with Crippen LogP contribution in [0, 0.1) is 0 Å². The second-order valence-corrected chi connectivity index (χ2v) is 4.17. The molecule has 0 N–H and O–H groups in total. The van der Waals surface area contributed by atoms with Gasteiger partial charge < -0.3 is 9.30 Å². The van der Waals surface area contributed by atoms with E-state index in [0.717, 1.165) is 17.7 Å². The SMILES string of the molecule is COc1ccc(CCn2ccnc(Cl)c2=O)cc1. The number of hydrogen-bond acceptors (Lipinski definition) is 3. The molecule has 4 nitrogen and oxygen atoms in total. The van der Waals surface area contributed by atoms with Gasteiger partial charge in [0, 0.05) is 18.9 Å². The minimum atomic E-state index is -0.257. The summed E-state index contributed by atoms with van der Waals surface area (Å²) in [6.07, 6.45) is 3.92. The maximum atomic E-state index is 11.6. The zero-order valence-corrected chi connectivity index (χ0v) is 10.7. The molecule has 0 aliphatic heterocycles. The number of nitrogens with zero attached hydrogens (tertiary/aromatic N) is 2. The standard InChI is InChI=1S/C13H13ClN2O2/c1-18-11-4-2-10(3-5-11)6-8-16-9-7-15-12(14)13(16)17/h2-5,7,9H,6,8H2,1H3. The number of hydrogen-bond donors (Lipinski definition) is 0. The zero-order chi connectivity index (χ0) is 13.0. The Labute approximate surface area is 110 Å². The number of aromatic nitrogens is 2. The van der Waals surface area contributed by atoms with Crippen molar-refractivity contribution in [3.63, 3.8) is 0 Å². The Balaban J connectivity index is 2.07. The van der Waals surface area contributed by atoms with E-state index in [9.17, 15) is 4.79 Å². The van der Waals surface area contributed by atoms with E-state index in [1.54, 1.807) is 17.9 Å². The van der Waals surface area contributed by atoms with Crippen LogP contribution in [0.2, 0.25) is 5.15 Å². The molecule has 0 saturated carbocycles. The molecule has 0 spiro atoms. The molecule has 0 fully saturated rings. The van der Waals surface area contributed by atoms with Crippen molar-refractivity contribution in [1.29, 1.82) is 0 Å². The van der Waals surface area contributed by atoms with Crippen molar-refractivity contribution < 1.29 is 4.74 Å². The van der Waals surface area contributed by atoms with E-state index in [4.69, 9.17) is 16.3 Å². The third-order valence-electron chi connectivity index (χ3n) is 2.67. The monoisotopic (exact) mass is 264 g/mol. The van der Waals surface area contributed by atoms with Gasteiger partial charge in [0.1, 0.15) is 5.75 Å². The van der Waals surface area contributed by atoms with Gasteiger partial charge in [-0.05, 0) is 24.1 Å². The van der Waals surface area contributed by atoms with E-state index in [0.29, 0.717) is 6.54 Å². The number of methoxy groups -OCH3 is 1. The predicted molar refractivity (Wildman–Crippen MR) is 70.2 cm³/mol. The van der Waals surface area contributed by atoms with Crippen LogP contribution in [0.3, 0.4) is 0 Å². The number of rotatable bonds is 4. The number of halogens is 1. The lowest BCUT2D eigenvalue weighted by Crippen LogP contribution is -2.21. The van der Waals surface area contributed by atoms with Gasteiger partial charge in [-0.3, -0.25) is 4.79 Å². The Morgan fingerprint density at radius 2 is 2.06 bits per heavy atom. The molecule has 0 aliphatic carbocycles. The summed E-state index contributed by atoms with van der Waals surface area (Å²) in [7, 11) is 1.63. The minimum Gasteiger partial charge on any atom is -0.497 e. The molecule has 18 heavy (non-hydrogen) atoms. The number of ether oxygens (including phenoxy) is 1. The lowest BCUT2D eigenvalue weighted by molar-refractivity contribution is 0.414. The van der Waals surface area contributed by atoms with Crippen LogP contribution >= 0.6 is 11.6 Å². The molecule has 0 amide bonds. The van der Waals surface area contributed by atoms with Gasteiger partial charge in [-0.1, -0.05) is 23.7 Å². The van der Waals surface area contributed by atoms with Gasteiger partial charge in [0.05, 0.1) is 7.11 Å². The van der Waals surface area contributed by atoms with Crippen LogP contribution in [-0.4, -0.2) is 16.7 Å². The molecule has 1 aromatic carbocycles. The van der Waals surface area contributed by atoms with Crippen LogP contribution in [0.5, 0.6) is 5.75 Å². The summed E-state index contributed by atoms with van der Waals surface area (Å²) in [5.74, 6) is 0.822. The van der Waals surface area contributed by atoms with Gasteiger partial charge in [0.2, 0.25) is 0 Å². The van der Waals surface area contributed by atoms with E-state index in [1.165, 1.54) is 6.20 Å². The van der Waals surface area contributed by atoms with Gasteiger partial charge in [0.15, 0.2) is 5.15 Å². The lowest BCUT2D eigenvalue weighted by atomic mass is 10.1. The highest BCUT2D eigenvalue weighted by atomic mass is 35.5. The normalized spacial score (nSPS) is 10.3. The van der Waals surface area contributed by atoms with Crippen LogP contribution in [0.15, 0.2) is 41.5 Å². The number of aryl methyl sites for hydroxylation is 2. The lowest BCUT2D eigenvalue weighted by Gasteiger charge is -2.06. The van der Waals surface area contributed by atoms with E-state index >= 15 is 0 Å². The van der Waals surface area contributed by atoms with Crippen LogP contribution in [0.1, 0.15) is 5.56 Å². The van der Waals surface area contributed by atoms with E-state index < -0.39 is 0 Å². The molecule has 94 valence electrons. The van der Waals surface area contributed by atoms with E-state index in [2.05, 4.69) is 4.98 Å². The molecule has 0 radical (unpaired) electrons. The second kappa shape index (κ2) is 5.69. The molecule has 0 saturated heterocycles. The molecule has 0 aliphatic rings. The van der Waals surface area contributed by atoms with Gasteiger partial charge in [-0.15, -0.1) is 0 Å². The highest BCUT2D eigenvalue weighted by Gasteiger charge is 2.02. The van der Waals surface area contributed by atoms with Gasteiger partial charge in [-0.2, -0.15) is 0 Å². The fourth-order valence-corrected chi connectivity index (χ4v) is 1.80. The van der Waals surface area contributed by atoms with Crippen molar-refractivity contribution in [3.8, 4) is 5.75 Å². The largest absolute Gasteiger partial charge is 0.497 e. The topological polar surface area (TPSA) is 44.1 Å². The molecule has 2 aromatic rings. The highest BCUT2D eigenvalue weighted by molar-refractivity contribution is 6.29. The molecule has 0 unspecified atom stereocenters. The van der Waals surface area contributed by atoms with Crippen molar-refractivity contribution >= 4 is 11.6 Å². The Morgan fingerprint density at radius 1 is 1.33 bits per heavy atom. The van der Waals surface area contributed by atoms with Gasteiger partial charge in [-0.25, -0.2) is 4.98 Å². The Kier molecular flexibility index (Phi) is 3.99. The molecule has 1 heterocycles. The third kappa shape index (κ3) is 2.90. The van der Waals surface area contributed by atoms with Crippen molar-refractivity contribution in [1.82, 2.24) is 9.55 Å². The van der Waals surface area contributed by atoms with Crippen molar-refractivity contribution in [3.05, 3.63) is 57.7 Å². The van der Waals surface area contributed by atoms with Gasteiger partial charge in [0.25, 0.3) is 5.56 Å². The first-order valence-corrected chi connectivity index (χ1v) is 5.92. The zero-order valence-electron chi connectivity index (χ0n) is 9.97. The third-order valence-corrected chi connectivity index (χ3v) is 2.93. The van der Waals surface area contributed by atoms with Crippen molar-refractivity contribution in [2.45, 2.75) is 13.0 Å². The second-order valence-electron chi connectivity index (χ2n) is 3.81. The fourth-order valence-electron chi connectivity index (χ4n) is 1.64. The Hall–Kier alpha value is -1.81. The first kappa shape index (κ1) is 12.6. The molecular weight excluding hydrogens is 252 g/mol. The minimum absolute atomic E-state index is 0.00670.